The highest BCUT2D eigenvalue weighted by atomic mass is 19.4. The number of hydrogen-bond donors (Lipinski definition) is 1. The highest BCUT2D eigenvalue weighted by Crippen LogP contribution is 2.21. The fraction of sp³-hybridized carbons (Fsp3) is 0.529. The molecule has 0 saturated carbocycles. The van der Waals surface area contributed by atoms with Crippen molar-refractivity contribution in [2.24, 2.45) is 0 Å². The van der Waals surface area contributed by atoms with E-state index >= 15 is 0 Å². The molecule has 144 valence electrons. The number of rotatable bonds is 3. The van der Waals surface area contributed by atoms with Crippen LogP contribution in [0.5, 0.6) is 5.75 Å². The molecule has 1 N–H and O–H groups in total. The average molecular weight is 373 g/mol. The number of benzene rings is 1. The highest BCUT2D eigenvalue weighted by Gasteiger charge is 2.42. The molecule has 1 atom stereocenters. The smallest absolute Gasteiger partial charge is 0.471 e. The zero-order valence-electron chi connectivity index (χ0n) is 14.7. The summed E-state index contributed by atoms with van der Waals surface area (Å²) in [4.78, 5) is 25.9. The maximum atomic E-state index is 12.5. The zero-order chi connectivity index (χ0) is 19.3. The maximum Gasteiger partial charge on any atom is 0.471 e. The molecule has 1 aromatic rings. The van der Waals surface area contributed by atoms with Gasteiger partial charge in [-0.2, -0.15) is 13.2 Å². The van der Waals surface area contributed by atoms with Crippen LogP contribution in [0.25, 0.3) is 0 Å². The Morgan fingerprint density at radius 1 is 1.15 bits per heavy atom. The van der Waals surface area contributed by atoms with Gasteiger partial charge in [-0.25, -0.2) is 4.79 Å². The minimum atomic E-state index is -4.89. The van der Waals surface area contributed by atoms with Crippen LogP contribution < -0.4 is 10.1 Å². The summed E-state index contributed by atoms with van der Waals surface area (Å²) in [5, 5.41) is 2.83. The molecule has 0 unspecified atom stereocenters. The molecule has 26 heavy (non-hydrogen) atoms. The van der Waals surface area contributed by atoms with Gasteiger partial charge in [0.15, 0.2) is 0 Å². The quantitative estimate of drug-likeness (QED) is 0.886. The van der Waals surface area contributed by atoms with Gasteiger partial charge in [0.1, 0.15) is 5.75 Å². The number of nitrogens with one attached hydrogen (secondary N) is 1. The summed E-state index contributed by atoms with van der Waals surface area (Å²) < 4.78 is 42.8. The fourth-order valence-electron chi connectivity index (χ4n) is 2.77. The Kier molecular flexibility index (Phi) is 6.33. The van der Waals surface area contributed by atoms with E-state index in [9.17, 15) is 22.8 Å². The second kappa shape index (κ2) is 8.29. The first kappa shape index (κ1) is 19.9. The van der Waals surface area contributed by atoms with Crippen molar-refractivity contribution in [1.82, 2.24) is 15.1 Å². The van der Waals surface area contributed by atoms with Crippen molar-refractivity contribution >= 4 is 11.9 Å². The van der Waals surface area contributed by atoms with Crippen LogP contribution in [0.3, 0.4) is 0 Å². The van der Waals surface area contributed by atoms with E-state index in [4.69, 9.17) is 4.74 Å². The molecule has 0 spiro atoms. The third-order valence-corrected chi connectivity index (χ3v) is 4.25. The normalized spacial score (nSPS) is 16.7. The second-order valence-electron chi connectivity index (χ2n) is 6.08. The fourth-order valence-corrected chi connectivity index (χ4v) is 2.77. The highest BCUT2D eigenvalue weighted by molar-refractivity contribution is 5.82. The van der Waals surface area contributed by atoms with Crippen LogP contribution in [-0.2, 0) is 4.79 Å². The van der Waals surface area contributed by atoms with Crippen molar-refractivity contribution < 1.29 is 27.5 Å². The van der Waals surface area contributed by atoms with E-state index in [0.29, 0.717) is 12.2 Å². The first-order chi connectivity index (χ1) is 12.2. The topological polar surface area (TPSA) is 61.9 Å². The Hall–Kier alpha value is -2.45. The van der Waals surface area contributed by atoms with E-state index < -0.39 is 12.1 Å². The number of halogens is 3. The van der Waals surface area contributed by atoms with Crippen molar-refractivity contribution in [3.63, 3.8) is 0 Å². The molecule has 1 saturated heterocycles. The van der Waals surface area contributed by atoms with Crippen molar-refractivity contribution in [3.05, 3.63) is 29.8 Å². The standard InChI is InChI=1S/C17H22F3N3O3/c1-12(13-5-3-6-14(11-13)26-2)21-16(25)23-8-4-7-22(9-10-23)15(24)17(18,19)20/h3,5-6,11-12H,4,7-10H2,1-2H3,(H,21,25)/t12-/m0/s1. The molecule has 0 aromatic heterocycles. The van der Waals surface area contributed by atoms with Gasteiger partial charge in [-0.05, 0) is 31.0 Å². The van der Waals surface area contributed by atoms with Gasteiger partial charge in [-0.3, -0.25) is 4.79 Å². The summed E-state index contributed by atoms with van der Waals surface area (Å²) in [6, 6.07) is 6.58. The van der Waals surface area contributed by atoms with Gasteiger partial charge >= 0.3 is 18.1 Å². The molecular formula is C17H22F3N3O3. The van der Waals surface area contributed by atoms with Crippen molar-refractivity contribution in [2.45, 2.75) is 25.6 Å². The van der Waals surface area contributed by atoms with Gasteiger partial charge in [-0.1, -0.05) is 12.1 Å². The first-order valence-electron chi connectivity index (χ1n) is 8.28. The molecule has 3 amide bonds. The summed E-state index contributed by atoms with van der Waals surface area (Å²) in [5.74, 6) is -1.19. The molecular weight excluding hydrogens is 351 g/mol. The van der Waals surface area contributed by atoms with Crippen LogP contribution in [0.1, 0.15) is 24.9 Å². The van der Waals surface area contributed by atoms with Crippen LogP contribution in [0.15, 0.2) is 24.3 Å². The molecule has 1 aromatic carbocycles. The van der Waals surface area contributed by atoms with Gasteiger partial charge in [0.2, 0.25) is 0 Å². The third kappa shape index (κ3) is 5.03. The van der Waals surface area contributed by atoms with E-state index in [1.165, 1.54) is 4.90 Å². The number of methoxy groups -OCH3 is 1. The number of ether oxygens (including phenoxy) is 1. The molecule has 6 nitrogen and oxygen atoms in total. The number of hydrogen-bond acceptors (Lipinski definition) is 3. The SMILES string of the molecule is COc1cccc([C@H](C)NC(=O)N2CCCN(C(=O)C(F)(F)F)CC2)c1. The van der Waals surface area contributed by atoms with E-state index in [-0.39, 0.29) is 38.3 Å². The van der Waals surface area contributed by atoms with Crippen molar-refractivity contribution in [1.29, 1.82) is 0 Å². The number of carbonyl (C=O) groups excluding carboxylic acids is 2. The minimum absolute atomic E-state index is 0.0203. The first-order valence-corrected chi connectivity index (χ1v) is 8.28. The summed E-state index contributed by atoms with van der Waals surface area (Å²) in [6.45, 7) is 1.99. The lowest BCUT2D eigenvalue weighted by molar-refractivity contribution is -0.185. The lowest BCUT2D eigenvalue weighted by Crippen LogP contribution is -2.45. The Bertz CT molecular complexity index is 652. The molecule has 1 heterocycles. The van der Waals surface area contributed by atoms with Crippen molar-refractivity contribution in [3.8, 4) is 5.75 Å². The monoisotopic (exact) mass is 373 g/mol. The zero-order valence-corrected chi connectivity index (χ0v) is 14.7. The lowest BCUT2D eigenvalue weighted by Gasteiger charge is -2.25. The van der Waals surface area contributed by atoms with Gasteiger partial charge in [-0.15, -0.1) is 0 Å². The Morgan fingerprint density at radius 2 is 1.81 bits per heavy atom. The van der Waals surface area contributed by atoms with Crippen LogP contribution in [0.2, 0.25) is 0 Å². The summed E-state index contributed by atoms with van der Waals surface area (Å²) >= 11 is 0. The summed E-state index contributed by atoms with van der Waals surface area (Å²) in [5.41, 5.74) is 0.849. The van der Waals surface area contributed by atoms with E-state index in [0.717, 1.165) is 10.5 Å². The Labute approximate surface area is 149 Å². The number of urea groups is 1. The second-order valence-corrected chi connectivity index (χ2v) is 6.08. The lowest BCUT2D eigenvalue weighted by atomic mass is 10.1. The average Bonchev–Trinajstić information content (AvgIpc) is 2.86. The predicted octanol–water partition coefficient (Wildman–Crippen LogP) is 2.56. The summed E-state index contributed by atoms with van der Waals surface area (Å²) in [6.07, 6.45) is -4.60. The summed E-state index contributed by atoms with van der Waals surface area (Å²) in [7, 11) is 1.55. The van der Waals surface area contributed by atoms with Gasteiger partial charge in [0, 0.05) is 26.2 Å². The molecule has 0 aliphatic carbocycles. The number of alkyl halides is 3. The molecule has 2 rings (SSSR count). The Balaban J connectivity index is 1.94. The molecule has 0 radical (unpaired) electrons. The minimum Gasteiger partial charge on any atom is -0.497 e. The van der Waals surface area contributed by atoms with E-state index in [2.05, 4.69) is 5.32 Å². The number of amides is 3. The van der Waals surface area contributed by atoms with Crippen molar-refractivity contribution in [2.75, 3.05) is 33.3 Å². The van der Waals surface area contributed by atoms with Crippen LogP contribution >= 0.6 is 0 Å². The number of nitrogens with zero attached hydrogens (tertiary/aromatic N) is 2. The maximum absolute atomic E-state index is 12.5. The number of carbonyl (C=O) groups is 2. The third-order valence-electron chi connectivity index (χ3n) is 4.25. The largest absolute Gasteiger partial charge is 0.497 e. The van der Waals surface area contributed by atoms with Crippen LogP contribution in [-0.4, -0.2) is 61.2 Å². The van der Waals surface area contributed by atoms with Gasteiger partial charge < -0.3 is 19.9 Å². The molecule has 0 bridgehead atoms. The van der Waals surface area contributed by atoms with Crippen LogP contribution in [0.4, 0.5) is 18.0 Å². The van der Waals surface area contributed by atoms with E-state index in [1.54, 1.807) is 19.2 Å². The predicted molar refractivity (Wildman–Crippen MR) is 88.8 cm³/mol. The molecule has 9 heteroatoms. The van der Waals surface area contributed by atoms with Crippen LogP contribution in [0, 0.1) is 0 Å². The molecule has 1 aliphatic heterocycles. The van der Waals surface area contributed by atoms with Gasteiger partial charge in [0.25, 0.3) is 0 Å². The van der Waals surface area contributed by atoms with Gasteiger partial charge in [0.05, 0.1) is 13.2 Å². The van der Waals surface area contributed by atoms with E-state index in [1.807, 2.05) is 19.1 Å². The Morgan fingerprint density at radius 3 is 2.46 bits per heavy atom. The molecule has 1 fully saturated rings. The molecule has 1 aliphatic rings.